The average molecular weight is 316 g/mol. The Morgan fingerprint density at radius 1 is 1.05 bits per heavy atom. The molecule has 0 saturated heterocycles. The van der Waals surface area contributed by atoms with Crippen LogP contribution in [0, 0.1) is 6.92 Å². The smallest absolute Gasteiger partial charge is 0.169 e. The molecule has 19 heavy (non-hydrogen) atoms. The van der Waals surface area contributed by atoms with Gasteiger partial charge in [-0.05, 0) is 56.9 Å². The van der Waals surface area contributed by atoms with Gasteiger partial charge in [0.1, 0.15) is 5.76 Å². The molecule has 3 aromatic rings. The van der Waals surface area contributed by atoms with Crippen molar-refractivity contribution in [2.24, 2.45) is 5.73 Å². The number of fused-ring (bicyclic) bond motifs is 1. The number of hydrogen-bond acceptors (Lipinski definition) is 2. The molecule has 0 aliphatic carbocycles. The maximum atomic E-state index is 6.38. The number of hydrogen-bond donors (Lipinski definition) is 1. The van der Waals surface area contributed by atoms with E-state index in [1.807, 2.05) is 24.3 Å². The molecular weight excluding hydrogens is 302 g/mol. The van der Waals surface area contributed by atoms with Crippen LogP contribution in [0.25, 0.3) is 10.8 Å². The fraction of sp³-hybridized carbons (Fsp3) is 0.125. The predicted molar refractivity (Wildman–Crippen MR) is 81.1 cm³/mol. The van der Waals surface area contributed by atoms with E-state index in [9.17, 15) is 0 Å². The lowest BCUT2D eigenvalue weighted by molar-refractivity contribution is 0.470. The maximum Gasteiger partial charge on any atom is 0.169 e. The van der Waals surface area contributed by atoms with Gasteiger partial charge < -0.3 is 10.2 Å². The van der Waals surface area contributed by atoms with Crippen LogP contribution in [0.1, 0.15) is 22.9 Å². The first-order chi connectivity index (χ1) is 9.16. The van der Waals surface area contributed by atoms with E-state index < -0.39 is 0 Å². The van der Waals surface area contributed by atoms with Crippen LogP contribution in [-0.2, 0) is 0 Å². The number of benzene rings is 2. The normalized spacial score (nSPS) is 12.8. The summed E-state index contributed by atoms with van der Waals surface area (Å²) in [5.74, 6) is 0.770. The summed E-state index contributed by atoms with van der Waals surface area (Å²) in [5.41, 5.74) is 8.69. The van der Waals surface area contributed by atoms with Crippen LogP contribution in [0.4, 0.5) is 0 Å². The molecule has 0 spiro atoms. The van der Waals surface area contributed by atoms with Crippen LogP contribution < -0.4 is 5.73 Å². The third-order valence-corrected chi connectivity index (χ3v) is 3.83. The highest BCUT2D eigenvalue weighted by Crippen LogP contribution is 2.31. The average Bonchev–Trinajstić information content (AvgIpc) is 2.85. The summed E-state index contributed by atoms with van der Waals surface area (Å²) < 4.78 is 6.30. The second-order valence-corrected chi connectivity index (χ2v) is 5.42. The maximum absolute atomic E-state index is 6.38. The number of rotatable bonds is 2. The van der Waals surface area contributed by atoms with Gasteiger partial charge in [0.25, 0.3) is 0 Å². The molecule has 96 valence electrons. The molecule has 0 amide bonds. The van der Waals surface area contributed by atoms with Crippen molar-refractivity contribution in [3.8, 4) is 0 Å². The largest absolute Gasteiger partial charge is 0.452 e. The van der Waals surface area contributed by atoms with Gasteiger partial charge in [-0.15, -0.1) is 0 Å². The summed E-state index contributed by atoms with van der Waals surface area (Å²) in [6.45, 7) is 2.08. The molecule has 2 N–H and O–H groups in total. The van der Waals surface area contributed by atoms with Crippen molar-refractivity contribution in [2.45, 2.75) is 13.0 Å². The second kappa shape index (κ2) is 4.83. The van der Waals surface area contributed by atoms with Gasteiger partial charge in [-0.2, -0.15) is 0 Å². The Balaban J connectivity index is 2.21. The Morgan fingerprint density at radius 2 is 1.84 bits per heavy atom. The van der Waals surface area contributed by atoms with E-state index in [0.717, 1.165) is 11.3 Å². The highest BCUT2D eigenvalue weighted by Gasteiger charge is 2.17. The summed E-state index contributed by atoms with van der Waals surface area (Å²) in [6, 6.07) is 16.0. The Kier molecular flexibility index (Phi) is 3.17. The third kappa shape index (κ3) is 2.20. The van der Waals surface area contributed by atoms with Crippen LogP contribution in [0.2, 0.25) is 0 Å². The van der Waals surface area contributed by atoms with E-state index in [0.29, 0.717) is 4.67 Å². The minimum absolute atomic E-state index is 0.252. The van der Waals surface area contributed by atoms with Crippen molar-refractivity contribution < 1.29 is 4.42 Å². The molecule has 1 aromatic heterocycles. The van der Waals surface area contributed by atoms with Gasteiger partial charge in [-0.1, -0.05) is 36.4 Å². The van der Waals surface area contributed by atoms with E-state index in [1.165, 1.54) is 16.3 Å². The lowest BCUT2D eigenvalue weighted by Crippen LogP contribution is -2.13. The first-order valence-corrected chi connectivity index (χ1v) is 6.95. The molecule has 0 bridgehead atoms. The van der Waals surface area contributed by atoms with Crippen molar-refractivity contribution in [1.82, 2.24) is 0 Å². The molecule has 0 saturated carbocycles. The molecule has 1 unspecified atom stereocenters. The summed E-state index contributed by atoms with van der Waals surface area (Å²) in [7, 11) is 0. The van der Waals surface area contributed by atoms with Gasteiger partial charge in [0.05, 0.1) is 6.04 Å². The molecule has 1 atom stereocenters. The van der Waals surface area contributed by atoms with Crippen molar-refractivity contribution in [3.63, 3.8) is 0 Å². The van der Waals surface area contributed by atoms with Gasteiger partial charge in [0.2, 0.25) is 0 Å². The Hall–Kier alpha value is -1.58. The topological polar surface area (TPSA) is 39.2 Å². The van der Waals surface area contributed by atoms with E-state index in [1.54, 1.807) is 0 Å². The van der Waals surface area contributed by atoms with Gasteiger partial charge in [-0.3, -0.25) is 0 Å². The predicted octanol–water partition coefficient (Wildman–Crippen LogP) is 4.55. The number of nitrogens with two attached hydrogens (primary N) is 1. The zero-order valence-corrected chi connectivity index (χ0v) is 12.1. The fourth-order valence-electron chi connectivity index (χ4n) is 2.46. The van der Waals surface area contributed by atoms with Crippen LogP contribution in [0.15, 0.2) is 57.6 Å². The van der Waals surface area contributed by atoms with E-state index in [2.05, 4.69) is 47.1 Å². The number of aryl methyl sites for hydroxylation is 1. The van der Waals surface area contributed by atoms with Crippen molar-refractivity contribution >= 4 is 26.7 Å². The standard InChI is InChI=1S/C16H14BrNO/c1-10-6-7-11-4-2-3-5-12(11)15(10)16(18)13-8-9-14(17)19-13/h2-9,16H,18H2,1H3. The minimum atomic E-state index is -0.252. The van der Waals surface area contributed by atoms with Gasteiger partial charge in [-0.25, -0.2) is 0 Å². The molecular formula is C16H14BrNO. The van der Waals surface area contributed by atoms with Crippen molar-refractivity contribution in [2.75, 3.05) is 0 Å². The second-order valence-electron chi connectivity index (χ2n) is 4.64. The highest BCUT2D eigenvalue weighted by molar-refractivity contribution is 9.10. The first-order valence-electron chi connectivity index (χ1n) is 6.16. The SMILES string of the molecule is Cc1ccc2ccccc2c1C(N)c1ccc(Br)o1. The fourth-order valence-corrected chi connectivity index (χ4v) is 2.77. The Morgan fingerprint density at radius 3 is 2.58 bits per heavy atom. The molecule has 1 heterocycles. The summed E-state index contributed by atoms with van der Waals surface area (Å²) in [4.78, 5) is 0. The lowest BCUT2D eigenvalue weighted by atomic mass is 9.93. The Labute approximate surface area is 120 Å². The van der Waals surface area contributed by atoms with Crippen LogP contribution in [-0.4, -0.2) is 0 Å². The van der Waals surface area contributed by atoms with Gasteiger partial charge >= 0.3 is 0 Å². The van der Waals surface area contributed by atoms with Crippen LogP contribution in [0.5, 0.6) is 0 Å². The van der Waals surface area contributed by atoms with Crippen molar-refractivity contribution in [1.29, 1.82) is 0 Å². The molecule has 3 rings (SSSR count). The van der Waals surface area contributed by atoms with Crippen molar-refractivity contribution in [3.05, 3.63) is 70.1 Å². The van der Waals surface area contributed by atoms with E-state index in [-0.39, 0.29) is 6.04 Å². The summed E-state index contributed by atoms with van der Waals surface area (Å²) >= 11 is 3.32. The number of furan rings is 1. The van der Waals surface area contributed by atoms with Gasteiger partial charge in [0, 0.05) is 0 Å². The quantitative estimate of drug-likeness (QED) is 0.753. The highest BCUT2D eigenvalue weighted by atomic mass is 79.9. The summed E-state index contributed by atoms with van der Waals surface area (Å²) in [5, 5.41) is 2.38. The Bertz CT molecular complexity index is 732. The number of halogens is 1. The molecule has 0 fully saturated rings. The third-order valence-electron chi connectivity index (χ3n) is 3.40. The zero-order chi connectivity index (χ0) is 13.4. The zero-order valence-electron chi connectivity index (χ0n) is 10.6. The minimum Gasteiger partial charge on any atom is -0.452 e. The molecule has 2 aromatic carbocycles. The molecule has 0 aliphatic rings. The molecule has 3 heteroatoms. The molecule has 2 nitrogen and oxygen atoms in total. The summed E-state index contributed by atoms with van der Waals surface area (Å²) in [6.07, 6.45) is 0. The monoisotopic (exact) mass is 315 g/mol. The van der Waals surface area contributed by atoms with Crippen LogP contribution >= 0.6 is 15.9 Å². The first kappa shape index (κ1) is 12.5. The molecule has 0 radical (unpaired) electrons. The van der Waals surface area contributed by atoms with Crippen LogP contribution in [0.3, 0.4) is 0 Å². The van der Waals surface area contributed by atoms with E-state index in [4.69, 9.17) is 10.2 Å². The van der Waals surface area contributed by atoms with E-state index >= 15 is 0 Å². The molecule has 0 aliphatic heterocycles. The van der Waals surface area contributed by atoms with Gasteiger partial charge in [0.15, 0.2) is 4.67 Å². The lowest BCUT2D eigenvalue weighted by Gasteiger charge is -2.15.